The molecule has 21 heavy (non-hydrogen) atoms. The van der Waals surface area contributed by atoms with Gasteiger partial charge >= 0.3 is 5.97 Å². The molecule has 5 nitrogen and oxygen atoms in total. The molecule has 1 aliphatic rings. The van der Waals surface area contributed by atoms with Gasteiger partial charge < -0.3 is 14.8 Å². The van der Waals surface area contributed by atoms with Gasteiger partial charge in [-0.2, -0.15) is 0 Å². The fourth-order valence-electron chi connectivity index (χ4n) is 2.21. The van der Waals surface area contributed by atoms with E-state index in [9.17, 15) is 9.59 Å². The van der Waals surface area contributed by atoms with Crippen LogP contribution in [0.3, 0.4) is 0 Å². The summed E-state index contributed by atoms with van der Waals surface area (Å²) in [4.78, 5) is 23.0. The molecule has 0 atom stereocenters. The van der Waals surface area contributed by atoms with Crippen molar-refractivity contribution in [2.24, 2.45) is 0 Å². The number of amides is 1. The highest BCUT2D eigenvalue weighted by molar-refractivity contribution is 5.81. The van der Waals surface area contributed by atoms with E-state index in [-0.39, 0.29) is 25.2 Å². The zero-order chi connectivity index (χ0) is 15.4. The molecule has 2 rings (SSSR count). The number of rotatable bonds is 6. The van der Waals surface area contributed by atoms with Gasteiger partial charge in [0.25, 0.3) is 5.91 Å². The number of hydrogen-bond donors (Lipinski definition) is 1. The minimum Gasteiger partial charge on any atom is -0.481 e. The van der Waals surface area contributed by atoms with Crippen LogP contribution < -0.4 is 10.1 Å². The summed E-state index contributed by atoms with van der Waals surface area (Å²) in [5, 5.41) is 2.75. The summed E-state index contributed by atoms with van der Waals surface area (Å²) in [6, 6.07) is 4.26. The molecule has 0 unspecified atom stereocenters. The summed E-state index contributed by atoms with van der Waals surface area (Å²) in [5.41, 5.74) is 3.11. The monoisotopic (exact) mass is 291 g/mol. The first kappa shape index (κ1) is 15.4. The third-order valence-corrected chi connectivity index (χ3v) is 3.25. The number of benzene rings is 1. The lowest BCUT2D eigenvalue weighted by Crippen LogP contribution is -2.31. The highest BCUT2D eigenvalue weighted by Gasteiger charge is 2.23. The van der Waals surface area contributed by atoms with Gasteiger partial charge in [-0.3, -0.25) is 4.79 Å². The molecular weight excluding hydrogens is 270 g/mol. The average molecular weight is 291 g/mol. The minimum atomic E-state index is -0.541. The van der Waals surface area contributed by atoms with E-state index in [0.717, 1.165) is 29.5 Å². The summed E-state index contributed by atoms with van der Waals surface area (Å²) in [5.74, 6) is -0.103. The Hall–Kier alpha value is -2.04. The number of nitrogens with one attached hydrogen (secondary N) is 1. The van der Waals surface area contributed by atoms with Crippen molar-refractivity contribution < 1.29 is 19.1 Å². The Bertz CT molecular complexity index is 526. The molecule has 5 heteroatoms. The number of carbonyl (C=O) groups excluding carboxylic acids is 2. The normalized spacial score (nSPS) is 13.7. The van der Waals surface area contributed by atoms with Crippen LogP contribution in [0.1, 0.15) is 29.5 Å². The highest BCUT2D eigenvalue weighted by Crippen LogP contribution is 2.24. The molecule has 0 radical (unpaired) electrons. The van der Waals surface area contributed by atoms with Crippen LogP contribution in [-0.4, -0.2) is 31.1 Å². The van der Waals surface area contributed by atoms with Crippen molar-refractivity contribution in [3.05, 3.63) is 28.8 Å². The second-order valence-electron chi connectivity index (χ2n) is 5.52. The maximum atomic E-state index is 11.6. The van der Waals surface area contributed by atoms with E-state index in [1.807, 2.05) is 32.9 Å². The molecular formula is C16H21NO4. The summed E-state index contributed by atoms with van der Waals surface area (Å²) >= 11 is 0. The SMILES string of the molecule is Cc1cc(C)c(OCC(=O)OCC(=O)NC2CC2)c(C)c1. The van der Waals surface area contributed by atoms with Crippen LogP contribution in [0.15, 0.2) is 12.1 Å². The Labute approximate surface area is 124 Å². The lowest BCUT2D eigenvalue weighted by Gasteiger charge is -2.12. The number of esters is 1. The molecule has 1 amide bonds. The van der Waals surface area contributed by atoms with Gasteiger partial charge in [0.2, 0.25) is 0 Å². The van der Waals surface area contributed by atoms with Crippen LogP contribution in [0, 0.1) is 20.8 Å². The first-order valence-electron chi connectivity index (χ1n) is 7.11. The van der Waals surface area contributed by atoms with Gasteiger partial charge in [-0.1, -0.05) is 17.7 Å². The Morgan fingerprint density at radius 3 is 2.33 bits per heavy atom. The van der Waals surface area contributed by atoms with Crippen LogP contribution in [0.4, 0.5) is 0 Å². The fourth-order valence-corrected chi connectivity index (χ4v) is 2.21. The van der Waals surface area contributed by atoms with Crippen molar-refractivity contribution in [1.82, 2.24) is 5.32 Å². The van der Waals surface area contributed by atoms with Crippen molar-refractivity contribution in [1.29, 1.82) is 0 Å². The number of aryl methyl sites for hydroxylation is 3. The Morgan fingerprint density at radius 2 is 1.76 bits per heavy atom. The molecule has 0 aromatic heterocycles. The molecule has 0 aliphatic heterocycles. The molecule has 1 saturated carbocycles. The topological polar surface area (TPSA) is 64.6 Å². The van der Waals surface area contributed by atoms with E-state index in [1.165, 1.54) is 0 Å². The van der Waals surface area contributed by atoms with Crippen molar-refractivity contribution in [2.75, 3.05) is 13.2 Å². The third-order valence-electron chi connectivity index (χ3n) is 3.25. The lowest BCUT2D eigenvalue weighted by atomic mass is 10.1. The van der Waals surface area contributed by atoms with Crippen molar-refractivity contribution in [2.45, 2.75) is 39.7 Å². The van der Waals surface area contributed by atoms with Crippen LogP contribution in [0.2, 0.25) is 0 Å². The summed E-state index contributed by atoms with van der Waals surface area (Å²) in [7, 11) is 0. The van der Waals surface area contributed by atoms with E-state index < -0.39 is 5.97 Å². The number of hydrogen-bond acceptors (Lipinski definition) is 4. The van der Waals surface area contributed by atoms with E-state index >= 15 is 0 Å². The van der Waals surface area contributed by atoms with E-state index in [4.69, 9.17) is 9.47 Å². The Morgan fingerprint density at radius 1 is 1.14 bits per heavy atom. The lowest BCUT2D eigenvalue weighted by molar-refractivity contribution is -0.150. The van der Waals surface area contributed by atoms with E-state index in [1.54, 1.807) is 0 Å². The van der Waals surface area contributed by atoms with Crippen LogP contribution >= 0.6 is 0 Å². The fraction of sp³-hybridized carbons (Fsp3) is 0.500. The number of carbonyl (C=O) groups is 2. The second-order valence-corrected chi connectivity index (χ2v) is 5.52. The molecule has 1 aliphatic carbocycles. The number of ether oxygens (including phenoxy) is 2. The Kier molecular flexibility index (Phi) is 4.83. The van der Waals surface area contributed by atoms with Crippen LogP contribution in [0.25, 0.3) is 0 Å². The van der Waals surface area contributed by atoms with Gasteiger partial charge in [0.05, 0.1) is 0 Å². The molecule has 1 N–H and O–H groups in total. The third kappa shape index (κ3) is 4.77. The second kappa shape index (κ2) is 6.61. The zero-order valence-corrected chi connectivity index (χ0v) is 12.7. The molecule has 1 aromatic carbocycles. The molecule has 1 fully saturated rings. The first-order valence-corrected chi connectivity index (χ1v) is 7.11. The van der Waals surface area contributed by atoms with Gasteiger partial charge in [0, 0.05) is 6.04 Å². The summed E-state index contributed by atoms with van der Waals surface area (Å²) in [6.45, 7) is 5.44. The molecule has 0 bridgehead atoms. The van der Waals surface area contributed by atoms with Crippen LogP contribution in [0.5, 0.6) is 5.75 Å². The van der Waals surface area contributed by atoms with Crippen molar-refractivity contribution in [3.8, 4) is 5.75 Å². The Balaban J connectivity index is 1.77. The van der Waals surface area contributed by atoms with Crippen molar-refractivity contribution >= 4 is 11.9 Å². The molecule has 114 valence electrons. The molecule has 0 saturated heterocycles. The van der Waals surface area contributed by atoms with Gasteiger partial charge in [-0.05, 0) is 44.7 Å². The largest absolute Gasteiger partial charge is 0.481 e. The first-order chi connectivity index (χ1) is 9.95. The van der Waals surface area contributed by atoms with Gasteiger partial charge in [0.1, 0.15) is 5.75 Å². The maximum absolute atomic E-state index is 11.6. The molecule has 1 aromatic rings. The highest BCUT2D eigenvalue weighted by atomic mass is 16.6. The van der Waals surface area contributed by atoms with E-state index in [0.29, 0.717) is 5.75 Å². The van der Waals surface area contributed by atoms with Crippen LogP contribution in [-0.2, 0) is 14.3 Å². The predicted molar refractivity (Wildman–Crippen MR) is 78.3 cm³/mol. The minimum absolute atomic E-state index is 0.193. The molecule has 0 spiro atoms. The van der Waals surface area contributed by atoms with Gasteiger partial charge in [0.15, 0.2) is 13.2 Å². The van der Waals surface area contributed by atoms with Crippen molar-refractivity contribution in [3.63, 3.8) is 0 Å². The summed E-state index contributed by atoms with van der Waals surface area (Å²) in [6.07, 6.45) is 2.02. The van der Waals surface area contributed by atoms with Gasteiger partial charge in [-0.15, -0.1) is 0 Å². The van der Waals surface area contributed by atoms with Gasteiger partial charge in [-0.25, -0.2) is 4.79 Å². The zero-order valence-electron chi connectivity index (χ0n) is 12.7. The maximum Gasteiger partial charge on any atom is 0.344 e. The standard InChI is InChI=1S/C16H21NO4/c1-10-6-11(2)16(12(3)7-10)21-9-15(19)20-8-14(18)17-13-4-5-13/h6-7,13H,4-5,8-9H2,1-3H3,(H,17,18). The smallest absolute Gasteiger partial charge is 0.344 e. The summed E-state index contributed by atoms with van der Waals surface area (Å²) < 4.78 is 10.4. The quantitative estimate of drug-likeness (QED) is 0.812. The predicted octanol–water partition coefficient (Wildman–Crippen LogP) is 1.81. The molecule has 0 heterocycles. The average Bonchev–Trinajstić information content (AvgIpc) is 3.19. The van der Waals surface area contributed by atoms with E-state index in [2.05, 4.69) is 5.32 Å².